The number of H-pyrrole nitrogens is 1. The van der Waals surface area contributed by atoms with Crippen molar-refractivity contribution in [3.8, 4) is 0 Å². The SMILES string of the molecule is O=C(Nc1c(Cl)cc(F)cc1Cl)c1cccc2[nH]ccc12. The number of halogens is 3. The van der Waals surface area contributed by atoms with E-state index >= 15 is 0 Å². The van der Waals surface area contributed by atoms with Crippen molar-refractivity contribution >= 4 is 45.7 Å². The molecule has 0 unspecified atom stereocenters. The van der Waals surface area contributed by atoms with Crippen LogP contribution in [0.2, 0.25) is 10.0 Å². The predicted molar refractivity (Wildman–Crippen MR) is 82.7 cm³/mol. The molecule has 0 aliphatic carbocycles. The third kappa shape index (κ3) is 2.60. The lowest BCUT2D eigenvalue weighted by atomic mass is 10.1. The van der Waals surface area contributed by atoms with Crippen molar-refractivity contribution in [1.82, 2.24) is 4.98 Å². The number of rotatable bonds is 2. The highest BCUT2D eigenvalue weighted by Gasteiger charge is 2.15. The Morgan fingerprint density at radius 2 is 1.86 bits per heavy atom. The summed E-state index contributed by atoms with van der Waals surface area (Å²) >= 11 is 11.8. The van der Waals surface area contributed by atoms with Gasteiger partial charge >= 0.3 is 0 Å². The fourth-order valence-electron chi connectivity index (χ4n) is 2.13. The van der Waals surface area contributed by atoms with Gasteiger partial charge in [-0.1, -0.05) is 29.3 Å². The summed E-state index contributed by atoms with van der Waals surface area (Å²) in [5.41, 5.74) is 1.52. The second-order valence-electron chi connectivity index (χ2n) is 4.44. The van der Waals surface area contributed by atoms with E-state index in [1.54, 1.807) is 24.4 Å². The number of carbonyl (C=O) groups is 1. The third-order valence-electron chi connectivity index (χ3n) is 3.08. The van der Waals surface area contributed by atoms with Gasteiger partial charge in [0.25, 0.3) is 5.91 Å². The molecule has 0 spiro atoms. The molecule has 3 aromatic rings. The van der Waals surface area contributed by atoms with E-state index in [0.29, 0.717) is 5.56 Å². The average molecular weight is 323 g/mol. The van der Waals surface area contributed by atoms with Crippen molar-refractivity contribution in [2.24, 2.45) is 0 Å². The largest absolute Gasteiger partial charge is 0.361 e. The quantitative estimate of drug-likeness (QED) is 0.694. The maximum atomic E-state index is 13.1. The Kier molecular flexibility index (Phi) is 3.57. The topological polar surface area (TPSA) is 44.9 Å². The Balaban J connectivity index is 1.99. The highest BCUT2D eigenvalue weighted by atomic mass is 35.5. The summed E-state index contributed by atoms with van der Waals surface area (Å²) in [5.74, 6) is -0.925. The van der Waals surface area contributed by atoms with Gasteiger partial charge in [0, 0.05) is 22.7 Å². The van der Waals surface area contributed by atoms with Gasteiger partial charge in [-0.3, -0.25) is 4.79 Å². The number of benzene rings is 2. The lowest BCUT2D eigenvalue weighted by Gasteiger charge is -2.10. The minimum absolute atomic E-state index is 0.0505. The summed E-state index contributed by atoms with van der Waals surface area (Å²) in [7, 11) is 0. The molecule has 0 radical (unpaired) electrons. The van der Waals surface area contributed by atoms with Crippen molar-refractivity contribution in [3.05, 3.63) is 64.0 Å². The zero-order chi connectivity index (χ0) is 15.0. The van der Waals surface area contributed by atoms with Gasteiger partial charge in [0.05, 0.1) is 15.7 Å². The molecule has 1 heterocycles. The monoisotopic (exact) mass is 322 g/mol. The zero-order valence-corrected chi connectivity index (χ0v) is 12.1. The summed E-state index contributed by atoms with van der Waals surface area (Å²) in [6.07, 6.45) is 1.75. The van der Waals surface area contributed by atoms with Crippen LogP contribution < -0.4 is 5.32 Å². The van der Waals surface area contributed by atoms with Crippen LogP contribution >= 0.6 is 23.2 Å². The van der Waals surface area contributed by atoms with Gasteiger partial charge in [-0.15, -0.1) is 0 Å². The summed E-state index contributed by atoms with van der Waals surface area (Å²) in [6.45, 7) is 0. The third-order valence-corrected chi connectivity index (χ3v) is 3.68. The standard InChI is InChI=1S/C15H9Cl2FN2O/c16-11-6-8(18)7-12(17)14(11)20-15(21)10-2-1-3-13-9(10)4-5-19-13/h1-7,19H,(H,20,21). The van der Waals surface area contributed by atoms with Crippen molar-refractivity contribution in [2.45, 2.75) is 0 Å². The van der Waals surface area contributed by atoms with Crippen LogP contribution in [0.25, 0.3) is 10.9 Å². The van der Waals surface area contributed by atoms with Crippen LogP contribution in [0.1, 0.15) is 10.4 Å². The molecule has 0 saturated heterocycles. The van der Waals surface area contributed by atoms with E-state index in [1.807, 2.05) is 6.07 Å². The van der Waals surface area contributed by atoms with Gasteiger partial charge in [0.15, 0.2) is 0 Å². The molecule has 0 fully saturated rings. The van der Waals surface area contributed by atoms with Crippen LogP contribution in [-0.4, -0.2) is 10.9 Å². The van der Waals surface area contributed by atoms with E-state index in [1.165, 1.54) is 0 Å². The number of anilines is 1. The summed E-state index contributed by atoms with van der Waals surface area (Å²) < 4.78 is 13.1. The van der Waals surface area contributed by atoms with Gasteiger partial charge in [0.2, 0.25) is 0 Å². The number of amides is 1. The minimum atomic E-state index is -0.560. The van der Waals surface area contributed by atoms with Crippen LogP contribution in [-0.2, 0) is 0 Å². The molecule has 106 valence electrons. The molecule has 0 aliphatic rings. The maximum Gasteiger partial charge on any atom is 0.256 e. The Morgan fingerprint density at radius 1 is 1.14 bits per heavy atom. The molecular weight excluding hydrogens is 314 g/mol. The number of nitrogens with one attached hydrogen (secondary N) is 2. The molecule has 0 saturated carbocycles. The lowest BCUT2D eigenvalue weighted by Crippen LogP contribution is -2.13. The van der Waals surface area contributed by atoms with Gasteiger partial charge < -0.3 is 10.3 Å². The molecule has 2 aromatic carbocycles. The summed E-state index contributed by atoms with van der Waals surface area (Å²) in [6, 6.07) is 9.32. The van der Waals surface area contributed by atoms with E-state index in [0.717, 1.165) is 23.0 Å². The van der Waals surface area contributed by atoms with E-state index < -0.39 is 5.82 Å². The molecule has 1 aromatic heterocycles. The number of hydrogen-bond donors (Lipinski definition) is 2. The molecule has 3 nitrogen and oxygen atoms in total. The summed E-state index contributed by atoms with van der Waals surface area (Å²) in [5, 5.41) is 3.50. The molecule has 0 aliphatic heterocycles. The van der Waals surface area contributed by atoms with Gasteiger partial charge in [-0.25, -0.2) is 4.39 Å². The second kappa shape index (κ2) is 5.39. The van der Waals surface area contributed by atoms with Crippen molar-refractivity contribution < 1.29 is 9.18 Å². The Labute approximate surface area is 129 Å². The van der Waals surface area contributed by atoms with Crippen molar-refractivity contribution in [2.75, 3.05) is 5.32 Å². The van der Waals surface area contributed by atoms with Gasteiger partial charge in [-0.2, -0.15) is 0 Å². The first-order valence-corrected chi connectivity index (χ1v) is 6.84. The second-order valence-corrected chi connectivity index (χ2v) is 5.26. The predicted octanol–water partition coefficient (Wildman–Crippen LogP) is 4.87. The highest BCUT2D eigenvalue weighted by molar-refractivity contribution is 6.40. The molecule has 1 amide bonds. The highest BCUT2D eigenvalue weighted by Crippen LogP contribution is 2.32. The molecule has 6 heteroatoms. The Bertz CT molecular complexity index is 822. The van der Waals surface area contributed by atoms with Crippen LogP contribution in [0.5, 0.6) is 0 Å². The lowest BCUT2D eigenvalue weighted by molar-refractivity contribution is 0.102. The fourth-order valence-corrected chi connectivity index (χ4v) is 2.68. The maximum absolute atomic E-state index is 13.1. The number of fused-ring (bicyclic) bond motifs is 1. The molecule has 0 bridgehead atoms. The van der Waals surface area contributed by atoms with Crippen LogP contribution in [0.3, 0.4) is 0 Å². The van der Waals surface area contributed by atoms with Crippen LogP contribution in [0.4, 0.5) is 10.1 Å². The first-order chi connectivity index (χ1) is 10.1. The summed E-state index contributed by atoms with van der Waals surface area (Å²) in [4.78, 5) is 15.4. The number of aromatic nitrogens is 1. The molecular formula is C15H9Cl2FN2O. The zero-order valence-electron chi connectivity index (χ0n) is 10.6. The van der Waals surface area contributed by atoms with E-state index in [4.69, 9.17) is 23.2 Å². The molecule has 21 heavy (non-hydrogen) atoms. The first-order valence-electron chi connectivity index (χ1n) is 6.08. The smallest absolute Gasteiger partial charge is 0.256 e. The Morgan fingerprint density at radius 3 is 2.57 bits per heavy atom. The van der Waals surface area contributed by atoms with E-state index in [2.05, 4.69) is 10.3 Å². The first kappa shape index (κ1) is 13.9. The van der Waals surface area contributed by atoms with E-state index in [9.17, 15) is 9.18 Å². The number of aromatic amines is 1. The molecule has 3 rings (SSSR count). The van der Waals surface area contributed by atoms with Crippen molar-refractivity contribution in [1.29, 1.82) is 0 Å². The normalized spacial score (nSPS) is 10.8. The van der Waals surface area contributed by atoms with Crippen LogP contribution in [0.15, 0.2) is 42.6 Å². The molecule has 0 atom stereocenters. The number of hydrogen-bond acceptors (Lipinski definition) is 1. The van der Waals surface area contributed by atoms with Crippen LogP contribution in [0, 0.1) is 5.82 Å². The molecule has 2 N–H and O–H groups in total. The minimum Gasteiger partial charge on any atom is -0.361 e. The van der Waals surface area contributed by atoms with Gasteiger partial charge in [0.1, 0.15) is 5.82 Å². The van der Waals surface area contributed by atoms with Gasteiger partial charge in [-0.05, 0) is 30.3 Å². The number of carbonyl (C=O) groups excluding carboxylic acids is 1. The van der Waals surface area contributed by atoms with Crippen molar-refractivity contribution in [3.63, 3.8) is 0 Å². The average Bonchev–Trinajstić information content (AvgIpc) is 2.90. The fraction of sp³-hybridized carbons (Fsp3) is 0. The Hall–Kier alpha value is -2.04. The van der Waals surface area contributed by atoms with E-state index in [-0.39, 0.29) is 21.6 Å².